The van der Waals surface area contributed by atoms with Gasteiger partial charge in [-0.05, 0) is 55.5 Å². The maximum absolute atomic E-state index is 12.3. The average Bonchev–Trinajstić information content (AvgIpc) is 2.95. The Bertz CT molecular complexity index is 1440. The highest BCUT2D eigenvalue weighted by molar-refractivity contribution is 6.30. The van der Waals surface area contributed by atoms with Gasteiger partial charge in [-0.3, -0.25) is 29.3 Å². The van der Waals surface area contributed by atoms with E-state index in [1.807, 2.05) is 0 Å². The van der Waals surface area contributed by atoms with Gasteiger partial charge in [0.2, 0.25) is 17.5 Å². The number of anilines is 1. The van der Waals surface area contributed by atoms with Crippen LogP contribution in [0.2, 0.25) is 5.02 Å². The van der Waals surface area contributed by atoms with Crippen LogP contribution in [0.3, 0.4) is 0 Å². The predicted molar refractivity (Wildman–Crippen MR) is 143 cm³/mol. The third-order valence-corrected chi connectivity index (χ3v) is 5.73. The van der Waals surface area contributed by atoms with Crippen molar-refractivity contribution in [3.8, 4) is 0 Å². The molecule has 1 N–H and O–H groups in total. The Morgan fingerprint density at radius 3 is 2.20 bits per heavy atom. The summed E-state index contributed by atoms with van der Waals surface area (Å²) in [5.41, 5.74) is 0.558. The normalized spacial score (nSPS) is 11.2. The van der Waals surface area contributed by atoms with Gasteiger partial charge in [0.25, 0.3) is 5.69 Å². The summed E-state index contributed by atoms with van der Waals surface area (Å²) < 4.78 is 10.1. The second-order valence-electron chi connectivity index (χ2n) is 8.44. The minimum absolute atomic E-state index is 0.0338. The van der Waals surface area contributed by atoms with Gasteiger partial charge in [0.05, 0.1) is 16.9 Å². The van der Waals surface area contributed by atoms with Crippen LogP contribution in [0.1, 0.15) is 50.8 Å². The number of non-ortho nitro benzene ring substituents is 1. The molecule has 0 spiro atoms. The van der Waals surface area contributed by atoms with E-state index in [1.165, 1.54) is 61.5 Å². The molecule has 0 heterocycles. The maximum atomic E-state index is 12.3. The van der Waals surface area contributed by atoms with Gasteiger partial charge in [0.1, 0.15) is 0 Å². The largest absolute Gasteiger partial charge is 0.454 e. The van der Waals surface area contributed by atoms with Crippen molar-refractivity contribution in [3.05, 3.63) is 105 Å². The minimum Gasteiger partial charge on any atom is -0.454 e. The Kier molecular flexibility index (Phi) is 10.2. The van der Waals surface area contributed by atoms with Crippen LogP contribution in [0.4, 0.5) is 11.4 Å². The second kappa shape index (κ2) is 13.8. The summed E-state index contributed by atoms with van der Waals surface area (Å²) in [6, 6.07) is 16.8. The lowest BCUT2D eigenvalue weighted by Gasteiger charge is -2.12. The zero-order valence-electron chi connectivity index (χ0n) is 21.1. The fourth-order valence-corrected chi connectivity index (χ4v) is 3.50. The lowest BCUT2D eigenvalue weighted by atomic mass is 10.1. The van der Waals surface area contributed by atoms with Gasteiger partial charge in [-0.25, -0.2) is 4.79 Å². The van der Waals surface area contributed by atoms with Gasteiger partial charge in [-0.2, -0.15) is 0 Å². The van der Waals surface area contributed by atoms with Crippen molar-refractivity contribution in [2.24, 2.45) is 0 Å². The van der Waals surface area contributed by atoms with Crippen LogP contribution >= 0.6 is 11.6 Å². The monoisotopic (exact) mass is 566 g/mol. The third kappa shape index (κ3) is 8.57. The number of nitro benzene ring substituents is 1. The molecule has 0 aliphatic rings. The molecule has 3 aromatic rings. The highest BCUT2D eigenvalue weighted by Gasteiger charge is 2.20. The lowest BCUT2D eigenvalue weighted by Crippen LogP contribution is -2.25. The number of nitrogens with zero attached hydrogens (tertiary/aromatic N) is 1. The van der Waals surface area contributed by atoms with E-state index in [9.17, 15) is 34.1 Å². The van der Waals surface area contributed by atoms with Crippen molar-refractivity contribution >= 4 is 52.4 Å². The molecular weight excluding hydrogens is 544 g/mol. The first-order valence-electron chi connectivity index (χ1n) is 11.9. The van der Waals surface area contributed by atoms with Crippen LogP contribution in [0.5, 0.6) is 0 Å². The molecule has 0 saturated carbocycles. The number of Topliss-reactive ketones (excluding diaryl/α,β-unsaturated/α-hetero) is 2. The molecule has 1 atom stereocenters. The second-order valence-corrected chi connectivity index (χ2v) is 8.87. The van der Waals surface area contributed by atoms with Gasteiger partial charge in [-0.15, -0.1) is 0 Å². The molecule has 0 bridgehead atoms. The number of amides is 1. The molecule has 0 aromatic heterocycles. The van der Waals surface area contributed by atoms with Gasteiger partial charge in [-0.1, -0.05) is 23.7 Å². The Morgan fingerprint density at radius 1 is 0.900 bits per heavy atom. The SMILES string of the molecule is CC(OC(=O)CCC(=O)Nc1ccc(C(=O)OCC(=O)c2cccc([N+](=O)[O-])c2)cc1)C(=O)c1ccc(Cl)cc1. The lowest BCUT2D eigenvalue weighted by molar-refractivity contribution is -0.384. The Morgan fingerprint density at radius 2 is 1.55 bits per heavy atom. The zero-order valence-corrected chi connectivity index (χ0v) is 21.9. The number of halogens is 1. The Balaban J connectivity index is 1.42. The number of carbonyl (C=O) groups excluding carboxylic acids is 5. The van der Waals surface area contributed by atoms with E-state index in [1.54, 1.807) is 12.1 Å². The molecule has 40 heavy (non-hydrogen) atoms. The summed E-state index contributed by atoms with van der Waals surface area (Å²) in [6.07, 6.45) is -1.50. The van der Waals surface area contributed by atoms with E-state index in [0.29, 0.717) is 16.3 Å². The first-order valence-corrected chi connectivity index (χ1v) is 12.2. The molecule has 1 unspecified atom stereocenters. The molecule has 0 aliphatic carbocycles. The van der Waals surface area contributed by atoms with Crippen molar-refractivity contribution in [2.45, 2.75) is 25.9 Å². The molecule has 0 fully saturated rings. The van der Waals surface area contributed by atoms with Gasteiger partial charge in [0.15, 0.2) is 12.7 Å². The van der Waals surface area contributed by atoms with Crippen molar-refractivity contribution < 1.29 is 38.4 Å². The van der Waals surface area contributed by atoms with Gasteiger partial charge >= 0.3 is 11.9 Å². The van der Waals surface area contributed by atoms with E-state index in [2.05, 4.69) is 5.32 Å². The average molecular weight is 567 g/mol. The number of rotatable bonds is 12. The molecule has 0 radical (unpaired) electrons. The molecule has 206 valence electrons. The standard InChI is InChI=1S/C28H23ClN2O9/c1-17(27(35)18-5-9-21(29)10-6-18)40-26(34)14-13-25(33)30-22-11-7-19(8-12-22)28(36)39-16-24(32)20-3-2-4-23(15-20)31(37)38/h2-12,15,17H,13-14,16H2,1H3,(H,30,33). The number of nitro groups is 1. The molecule has 12 heteroatoms. The molecule has 0 saturated heterocycles. The van der Waals surface area contributed by atoms with Gasteiger partial charge < -0.3 is 14.8 Å². The Hall–Kier alpha value is -4.90. The topological polar surface area (TPSA) is 159 Å². The van der Waals surface area contributed by atoms with Crippen molar-refractivity contribution in [3.63, 3.8) is 0 Å². The quantitative estimate of drug-likeness (QED) is 0.140. The van der Waals surface area contributed by atoms with Crippen LogP contribution in [0.15, 0.2) is 72.8 Å². The number of hydrogen-bond acceptors (Lipinski definition) is 9. The first-order chi connectivity index (χ1) is 19.0. The predicted octanol–water partition coefficient (Wildman–Crippen LogP) is 4.82. The van der Waals surface area contributed by atoms with Crippen molar-refractivity contribution in [1.82, 2.24) is 0 Å². The zero-order chi connectivity index (χ0) is 29.2. The number of hydrogen-bond donors (Lipinski definition) is 1. The van der Waals surface area contributed by atoms with Crippen LogP contribution < -0.4 is 5.32 Å². The van der Waals surface area contributed by atoms with E-state index < -0.39 is 47.0 Å². The molecule has 3 aromatic carbocycles. The highest BCUT2D eigenvalue weighted by Crippen LogP contribution is 2.16. The fraction of sp³-hybridized carbons (Fsp3) is 0.179. The smallest absolute Gasteiger partial charge is 0.338 e. The van der Waals surface area contributed by atoms with Crippen molar-refractivity contribution in [2.75, 3.05) is 11.9 Å². The molecule has 11 nitrogen and oxygen atoms in total. The van der Waals surface area contributed by atoms with Crippen LogP contribution in [0.25, 0.3) is 0 Å². The van der Waals surface area contributed by atoms with Crippen molar-refractivity contribution in [1.29, 1.82) is 0 Å². The minimum atomic E-state index is -1.04. The molecule has 1 amide bonds. The number of ether oxygens (including phenoxy) is 2. The molecular formula is C28H23ClN2O9. The van der Waals surface area contributed by atoms with E-state index >= 15 is 0 Å². The Labute approximate surface area is 233 Å². The summed E-state index contributed by atoms with van der Waals surface area (Å²) in [6.45, 7) is 0.823. The van der Waals surface area contributed by atoms with Crippen LogP contribution in [-0.4, -0.2) is 47.0 Å². The fourth-order valence-electron chi connectivity index (χ4n) is 3.38. The first kappa shape index (κ1) is 29.7. The van der Waals surface area contributed by atoms with E-state index in [4.69, 9.17) is 21.1 Å². The highest BCUT2D eigenvalue weighted by atomic mass is 35.5. The summed E-state index contributed by atoms with van der Waals surface area (Å²) in [7, 11) is 0. The number of ketones is 2. The summed E-state index contributed by atoms with van der Waals surface area (Å²) in [5, 5.41) is 13.9. The van der Waals surface area contributed by atoms with E-state index in [-0.39, 0.29) is 29.7 Å². The number of esters is 2. The summed E-state index contributed by atoms with van der Waals surface area (Å²) >= 11 is 5.80. The van der Waals surface area contributed by atoms with E-state index in [0.717, 1.165) is 6.07 Å². The summed E-state index contributed by atoms with van der Waals surface area (Å²) in [4.78, 5) is 71.3. The van der Waals surface area contributed by atoms with Crippen LogP contribution in [-0.2, 0) is 19.1 Å². The summed E-state index contributed by atoms with van der Waals surface area (Å²) in [5.74, 6) is -3.03. The molecule has 3 rings (SSSR count). The van der Waals surface area contributed by atoms with Crippen LogP contribution in [0, 0.1) is 10.1 Å². The molecule has 0 aliphatic heterocycles. The number of carbonyl (C=O) groups is 5. The van der Waals surface area contributed by atoms with Gasteiger partial charge in [0, 0.05) is 40.4 Å². The number of benzene rings is 3. The number of nitrogens with one attached hydrogen (secondary N) is 1. The third-order valence-electron chi connectivity index (χ3n) is 5.48. The maximum Gasteiger partial charge on any atom is 0.338 e.